The van der Waals surface area contributed by atoms with Crippen LogP contribution < -0.4 is 11.1 Å². The monoisotopic (exact) mass is 259 g/mol. The third-order valence-corrected chi connectivity index (χ3v) is 2.69. The first-order valence-corrected chi connectivity index (χ1v) is 6.24. The molecule has 6 heteroatoms. The molecule has 2 rings (SSSR count). The minimum Gasteiger partial charge on any atom is -0.352 e. The molecule has 0 bridgehead atoms. The largest absolute Gasteiger partial charge is 0.352 e. The average Bonchev–Trinajstić information content (AvgIpc) is 2.98. The minimum absolute atomic E-state index is 0.0965. The van der Waals surface area contributed by atoms with Gasteiger partial charge in [0.05, 0.1) is 0 Å². The Bertz CT molecular complexity index is 524. The molecule has 0 aromatic carbocycles. The van der Waals surface area contributed by atoms with Crippen molar-refractivity contribution < 1.29 is 4.79 Å². The molecule has 2 heterocycles. The van der Waals surface area contributed by atoms with Gasteiger partial charge >= 0.3 is 0 Å². The Hall–Kier alpha value is -2.21. The van der Waals surface area contributed by atoms with Crippen molar-refractivity contribution in [1.29, 1.82) is 0 Å². The number of unbranched alkanes of at least 4 members (excludes halogenated alkanes) is 1. The van der Waals surface area contributed by atoms with E-state index in [0.717, 1.165) is 12.8 Å². The lowest BCUT2D eigenvalue weighted by Crippen LogP contribution is -2.25. The topological polar surface area (TPSA) is 85.8 Å². The molecule has 0 atom stereocenters. The van der Waals surface area contributed by atoms with E-state index in [1.165, 1.54) is 0 Å². The molecular formula is C13H17N5O. The standard InChI is InChI=1S/C13H17N5O/c14-4-1-2-5-17-13(19)11-3-6-16-12(9-11)18-8-7-15-10-18/h3,6-10H,1-2,4-5,14H2,(H,17,19). The van der Waals surface area contributed by atoms with E-state index in [1.807, 2.05) is 0 Å². The number of pyridine rings is 1. The molecule has 0 aliphatic carbocycles. The highest BCUT2D eigenvalue weighted by Gasteiger charge is 2.06. The Labute approximate surface area is 111 Å². The molecule has 100 valence electrons. The van der Waals surface area contributed by atoms with Gasteiger partial charge in [-0.1, -0.05) is 0 Å². The molecule has 0 saturated heterocycles. The first kappa shape index (κ1) is 13.2. The SMILES string of the molecule is NCCCCNC(=O)c1ccnc(-n2ccnc2)c1. The fourth-order valence-electron chi connectivity index (χ4n) is 1.67. The van der Waals surface area contributed by atoms with Crippen molar-refractivity contribution in [3.8, 4) is 5.82 Å². The van der Waals surface area contributed by atoms with Gasteiger partial charge in [-0.25, -0.2) is 9.97 Å². The minimum atomic E-state index is -0.0965. The summed E-state index contributed by atoms with van der Waals surface area (Å²) in [5.41, 5.74) is 5.99. The zero-order chi connectivity index (χ0) is 13.5. The summed E-state index contributed by atoms with van der Waals surface area (Å²) in [5.74, 6) is 0.577. The van der Waals surface area contributed by atoms with Gasteiger partial charge in [0.1, 0.15) is 12.1 Å². The van der Waals surface area contributed by atoms with Crippen molar-refractivity contribution in [2.24, 2.45) is 5.73 Å². The van der Waals surface area contributed by atoms with Gasteiger partial charge in [0.25, 0.3) is 5.91 Å². The van der Waals surface area contributed by atoms with Gasteiger partial charge in [-0.05, 0) is 31.5 Å². The van der Waals surface area contributed by atoms with E-state index >= 15 is 0 Å². The van der Waals surface area contributed by atoms with Crippen LogP contribution in [0.25, 0.3) is 5.82 Å². The number of nitrogens with two attached hydrogens (primary N) is 1. The van der Waals surface area contributed by atoms with Gasteiger partial charge in [-0.3, -0.25) is 9.36 Å². The Kier molecular flexibility index (Phi) is 4.63. The summed E-state index contributed by atoms with van der Waals surface area (Å²) in [4.78, 5) is 20.1. The molecule has 0 unspecified atom stereocenters. The van der Waals surface area contributed by atoms with E-state index in [9.17, 15) is 4.79 Å². The highest BCUT2D eigenvalue weighted by Crippen LogP contribution is 2.06. The number of rotatable bonds is 6. The number of aromatic nitrogens is 3. The first-order chi connectivity index (χ1) is 9.31. The summed E-state index contributed by atoms with van der Waals surface area (Å²) < 4.78 is 1.76. The van der Waals surface area contributed by atoms with Gasteiger partial charge in [-0.15, -0.1) is 0 Å². The number of hydrogen-bond acceptors (Lipinski definition) is 4. The number of carbonyl (C=O) groups excluding carboxylic acids is 1. The lowest BCUT2D eigenvalue weighted by molar-refractivity contribution is 0.0953. The van der Waals surface area contributed by atoms with Crippen LogP contribution in [0.5, 0.6) is 0 Å². The van der Waals surface area contributed by atoms with Crippen LogP contribution in [0, 0.1) is 0 Å². The number of hydrogen-bond donors (Lipinski definition) is 2. The summed E-state index contributed by atoms with van der Waals surface area (Å²) in [6.07, 6.45) is 8.51. The molecule has 0 saturated carbocycles. The number of nitrogens with one attached hydrogen (secondary N) is 1. The van der Waals surface area contributed by atoms with Crippen molar-refractivity contribution in [3.63, 3.8) is 0 Å². The lowest BCUT2D eigenvalue weighted by atomic mass is 10.2. The van der Waals surface area contributed by atoms with E-state index in [4.69, 9.17) is 5.73 Å². The second-order valence-electron chi connectivity index (χ2n) is 4.12. The highest BCUT2D eigenvalue weighted by atomic mass is 16.1. The number of imidazole rings is 1. The quantitative estimate of drug-likeness (QED) is 0.749. The molecule has 19 heavy (non-hydrogen) atoms. The maximum absolute atomic E-state index is 11.9. The van der Waals surface area contributed by atoms with Gasteiger partial charge in [0, 0.05) is 30.7 Å². The van der Waals surface area contributed by atoms with Crippen LogP contribution in [0.4, 0.5) is 0 Å². The summed E-state index contributed by atoms with van der Waals surface area (Å²) in [7, 11) is 0. The van der Waals surface area contributed by atoms with Gasteiger partial charge in [0.2, 0.25) is 0 Å². The van der Waals surface area contributed by atoms with Crippen molar-refractivity contribution >= 4 is 5.91 Å². The summed E-state index contributed by atoms with van der Waals surface area (Å²) in [6.45, 7) is 1.29. The average molecular weight is 259 g/mol. The molecule has 0 aliphatic heterocycles. The molecule has 3 N–H and O–H groups in total. The molecule has 6 nitrogen and oxygen atoms in total. The normalized spacial score (nSPS) is 10.4. The van der Waals surface area contributed by atoms with Crippen LogP contribution in [0.15, 0.2) is 37.1 Å². The second kappa shape index (κ2) is 6.65. The van der Waals surface area contributed by atoms with Crippen molar-refractivity contribution in [1.82, 2.24) is 19.9 Å². The molecule has 1 amide bonds. The van der Waals surface area contributed by atoms with Crippen molar-refractivity contribution in [3.05, 3.63) is 42.6 Å². The molecule has 2 aromatic rings. The van der Waals surface area contributed by atoms with Crippen LogP contribution in [-0.4, -0.2) is 33.5 Å². The summed E-state index contributed by atoms with van der Waals surface area (Å²) >= 11 is 0. The summed E-state index contributed by atoms with van der Waals surface area (Å²) in [5, 5.41) is 2.86. The Morgan fingerprint density at radius 1 is 1.37 bits per heavy atom. The second-order valence-corrected chi connectivity index (χ2v) is 4.12. The van der Waals surface area contributed by atoms with Crippen LogP contribution in [0.3, 0.4) is 0 Å². The van der Waals surface area contributed by atoms with E-state index in [1.54, 1.807) is 41.6 Å². The molecule has 2 aromatic heterocycles. The Morgan fingerprint density at radius 3 is 3.00 bits per heavy atom. The third kappa shape index (κ3) is 3.62. The Balaban J connectivity index is 2.00. The summed E-state index contributed by atoms with van der Waals surface area (Å²) in [6, 6.07) is 3.43. The fourth-order valence-corrected chi connectivity index (χ4v) is 1.67. The van der Waals surface area contributed by atoms with E-state index in [2.05, 4.69) is 15.3 Å². The van der Waals surface area contributed by atoms with Crippen LogP contribution in [0.2, 0.25) is 0 Å². The number of nitrogens with zero attached hydrogens (tertiary/aromatic N) is 3. The van der Waals surface area contributed by atoms with Crippen LogP contribution >= 0.6 is 0 Å². The fraction of sp³-hybridized carbons (Fsp3) is 0.308. The molecular weight excluding hydrogens is 242 g/mol. The predicted octanol–water partition coefficient (Wildman–Crippen LogP) is 0.736. The molecule has 0 aliphatic rings. The van der Waals surface area contributed by atoms with Crippen LogP contribution in [-0.2, 0) is 0 Å². The smallest absolute Gasteiger partial charge is 0.251 e. The van der Waals surface area contributed by atoms with Gasteiger partial charge in [-0.2, -0.15) is 0 Å². The predicted molar refractivity (Wildman–Crippen MR) is 72.0 cm³/mol. The maximum atomic E-state index is 11.9. The van der Waals surface area contributed by atoms with Crippen molar-refractivity contribution in [2.45, 2.75) is 12.8 Å². The maximum Gasteiger partial charge on any atom is 0.251 e. The number of amides is 1. The number of carbonyl (C=O) groups is 1. The van der Waals surface area contributed by atoms with E-state index < -0.39 is 0 Å². The molecule has 0 radical (unpaired) electrons. The first-order valence-electron chi connectivity index (χ1n) is 6.24. The van der Waals surface area contributed by atoms with Gasteiger partial charge < -0.3 is 11.1 Å². The van der Waals surface area contributed by atoms with E-state index in [-0.39, 0.29) is 5.91 Å². The zero-order valence-electron chi connectivity index (χ0n) is 10.6. The lowest BCUT2D eigenvalue weighted by Gasteiger charge is -2.06. The van der Waals surface area contributed by atoms with Crippen LogP contribution in [0.1, 0.15) is 23.2 Å². The molecule has 0 spiro atoms. The zero-order valence-corrected chi connectivity index (χ0v) is 10.6. The molecule has 0 fully saturated rings. The third-order valence-electron chi connectivity index (χ3n) is 2.69. The Morgan fingerprint density at radius 2 is 2.26 bits per heavy atom. The van der Waals surface area contributed by atoms with Crippen molar-refractivity contribution in [2.75, 3.05) is 13.1 Å². The van der Waals surface area contributed by atoms with E-state index in [0.29, 0.717) is 24.5 Å². The highest BCUT2D eigenvalue weighted by molar-refractivity contribution is 5.94. The van der Waals surface area contributed by atoms with Gasteiger partial charge in [0.15, 0.2) is 0 Å².